The minimum Gasteiger partial charge on any atom is -0.756 e. The molecule has 0 bridgehead atoms. The van der Waals surface area contributed by atoms with Crippen LogP contribution in [0.15, 0.2) is 12.2 Å². The number of rotatable bonds is 35. The van der Waals surface area contributed by atoms with Crippen LogP contribution in [0, 0.1) is 11.8 Å². The van der Waals surface area contributed by atoms with Gasteiger partial charge in [0.05, 0.1) is 46.1 Å². The number of ether oxygens (including phenoxy) is 2. The van der Waals surface area contributed by atoms with Crippen molar-refractivity contribution in [2.45, 2.75) is 186 Å². The highest BCUT2D eigenvalue weighted by molar-refractivity contribution is 7.45. The molecular weight excluding hydrogens is 725 g/mol. The van der Waals surface area contributed by atoms with E-state index in [9.17, 15) is 34.4 Å². The largest absolute Gasteiger partial charge is 0.756 e. The predicted octanol–water partition coefficient (Wildman–Crippen LogP) is 7.55. The maximum atomic E-state index is 12.8. The van der Waals surface area contributed by atoms with Crippen molar-refractivity contribution >= 4 is 19.8 Å². The zero-order valence-electron chi connectivity index (χ0n) is 35.2. The number of hydrogen-bond acceptors (Lipinski definition) is 11. The minimum atomic E-state index is -4.68. The maximum absolute atomic E-state index is 12.8. The minimum absolute atomic E-state index is 0.0669. The van der Waals surface area contributed by atoms with Crippen molar-refractivity contribution < 1.29 is 57.4 Å². The Morgan fingerprint density at radius 2 is 1.31 bits per heavy atom. The summed E-state index contributed by atoms with van der Waals surface area (Å²) in [5.74, 6) is -1.27. The van der Waals surface area contributed by atoms with Crippen LogP contribution in [0.1, 0.15) is 162 Å². The molecule has 55 heavy (non-hydrogen) atoms. The van der Waals surface area contributed by atoms with Gasteiger partial charge in [-0.15, -0.1) is 0 Å². The molecule has 0 aromatic rings. The molecule has 1 rings (SSSR count). The Labute approximate surface area is 333 Å². The highest BCUT2D eigenvalue weighted by atomic mass is 31.2. The Morgan fingerprint density at radius 1 is 0.764 bits per heavy atom. The first kappa shape index (κ1) is 51.6. The third kappa shape index (κ3) is 27.8. The van der Waals surface area contributed by atoms with Crippen LogP contribution < -0.4 is 4.89 Å². The van der Waals surface area contributed by atoms with E-state index < -0.39 is 50.8 Å². The molecule has 0 amide bonds. The Hall–Kier alpha value is -1.37. The Balaban J connectivity index is 2.50. The number of likely N-dealkylation sites (N-methyl/N-ethyl adjacent to an activating group) is 1. The van der Waals surface area contributed by atoms with Crippen molar-refractivity contribution in [1.82, 2.24) is 0 Å². The summed E-state index contributed by atoms with van der Waals surface area (Å²) in [6.07, 6.45) is 21.6. The monoisotopic (exact) mass is 806 g/mol. The fourth-order valence-corrected chi connectivity index (χ4v) is 7.66. The molecule has 0 saturated heterocycles. The number of nitrogens with zero attached hydrogens (tertiary/aromatic N) is 1. The van der Waals surface area contributed by atoms with Crippen molar-refractivity contribution in [2.75, 3.05) is 47.5 Å². The molecular formula is C42H80NO11P. The molecule has 7 atom stereocenters. The number of aliphatic hydroxyl groups is 3. The van der Waals surface area contributed by atoms with E-state index in [-0.39, 0.29) is 37.9 Å². The van der Waals surface area contributed by atoms with E-state index in [4.69, 9.17) is 18.5 Å². The van der Waals surface area contributed by atoms with E-state index in [2.05, 4.69) is 13.8 Å². The van der Waals surface area contributed by atoms with Gasteiger partial charge in [0.1, 0.15) is 19.8 Å². The summed E-state index contributed by atoms with van der Waals surface area (Å²) in [6.45, 7) is 3.87. The Morgan fingerprint density at radius 3 is 1.91 bits per heavy atom. The van der Waals surface area contributed by atoms with E-state index in [1.165, 1.54) is 44.9 Å². The number of carbonyl (C=O) groups is 2. The number of hydrogen-bond donors (Lipinski definition) is 3. The average Bonchev–Trinajstić information content (AvgIpc) is 3.39. The van der Waals surface area contributed by atoms with Gasteiger partial charge < -0.3 is 43.2 Å². The lowest BCUT2D eigenvalue weighted by molar-refractivity contribution is -0.870. The SMILES string of the molecule is CCCCCCCCCCCCCC(=O)OC[C@H](COP(=O)([O-])OCC[N+](C)(C)C)OC(=O)CCCCCC[C@@H]1[C@@H](/C=C/[C@@H](O)CCCCC)[C@H](O)C[C@@H]1O. The molecule has 12 nitrogen and oxygen atoms in total. The van der Waals surface area contributed by atoms with Gasteiger partial charge in [0.15, 0.2) is 6.10 Å². The van der Waals surface area contributed by atoms with Crippen LogP contribution in [0.3, 0.4) is 0 Å². The quantitative estimate of drug-likeness (QED) is 0.0190. The molecule has 0 radical (unpaired) electrons. The number of phosphoric ester groups is 1. The van der Waals surface area contributed by atoms with Gasteiger partial charge in [0.25, 0.3) is 7.82 Å². The molecule has 1 aliphatic carbocycles. The van der Waals surface area contributed by atoms with Crippen LogP contribution in [0.4, 0.5) is 0 Å². The Bertz CT molecular complexity index is 1070. The lowest BCUT2D eigenvalue weighted by Crippen LogP contribution is -2.37. The van der Waals surface area contributed by atoms with Crippen LogP contribution in [0.2, 0.25) is 0 Å². The summed E-state index contributed by atoms with van der Waals surface area (Å²) in [7, 11) is 1.04. The smallest absolute Gasteiger partial charge is 0.306 e. The molecule has 1 aliphatic rings. The molecule has 0 aromatic heterocycles. The van der Waals surface area contributed by atoms with Crippen molar-refractivity contribution in [3.05, 3.63) is 12.2 Å². The topological polar surface area (TPSA) is 172 Å². The number of unbranched alkanes of at least 4 members (excludes halogenated alkanes) is 15. The molecule has 1 saturated carbocycles. The maximum Gasteiger partial charge on any atom is 0.306 e. The normalized spacial score (nSPS) is 21.1. The molecule has 1 unspecified atom stereocenters. The number of esters is 2. The second-order valence-electron chi connectivity index (χ2n) is 16.7. The molecule has 3 N–H and O–H groups in total. The van der Waals surface area contributed by atoms with Crippen LogP contribution in [-0.4, -0.2) is 104 Å². The number of carbonyl (C=O) groups excluding carboxylic acids is 2. The third-order valence-electron chi connectivity index (χ3n) is 10.4. The molecule has 1 fully saturated rings. The summed E-state index contributed by atoms with van der Waals surface area (Å²) in [5, 5.41) is 31.4. The number of phosphoric acid groups is 1. The molecule has 13 heteroatoms. The van der Waals surface area contributed by atoms with Crippen LogP contribution in [-0.2, 0) is 32.7 Å². The van der Waals surface area contributed by atoms with Gasteiger partial charge in [0, 0.05) is 25.2 Å². The second-order valence-corrected chi connectivity index (χ2v) is 18.1. The standard InChI is InChI=1S/C42H80NO11P/c1-6-8-10-11-12-13-14-15-16-17-22-26-41(47)51-33-36(34-53-55(49,50)52-31-30-43(3,4)5)54-42(48)27-23-19-18-21-25-37-38(40(46)32-39(37)45)29-28-35(44)24-20-9-7-2/h28-29,35-40,44-46H,6-27,30-34H2,1-5H3/b29-28+/t35-,36+,37+,38+,39-,40+/m0/s1. The molecule has 0 aromatic carbocycles. The first-order valence-corrected chi connectivity index (χ1v) is 23.1. The van der Waals surface area contributed by atoms with E-state index in [1.807, 2.05) is 27.2 Å². The first-order chi connectivity index (χ1) is 26.2. The van der Waals surface area contributed by atoms with Crippen molar-refractivity contribution in [2.24, 2.45) is 11.8 Å². The predicted molar refractivity (Wildman–Crippen MR) is 215 cm³/mol. The summed E-state index contributed by atoms with van der Waals surface area (Å²) in [6, 6.07) is 0. The lowest BCUT2D eigenvalue weighted by Gasteiger charge is -2.28. The Kier molecular flexibility index (Phi) is 28.8. The van der Waals surface area contributed by atoms with E-state index in [1.54, 1.807) is 6.08 Å². The fraction of sp³-hybridized carbons (Fsp3) is 0.905. The zero-order chi connectivity index (χ0) is 41.0. The van der Waals surface area contributed by atoms with Crippen LogP contribution in [0.25, 0.3) is 0 Å². The fourth-order valence-electron chi connectivity index (χ4n) is 6.93. The number of aliphatic hydroxyl groups excluding tert-OH is 3. The van der Waals surface area contributed by atoms with Gasteiger partial charge in [-0.25, -0.2) is 0 Å². The summed E-state index contributed by atoms with van der Waals surface area (Å²) in [4.78, 5) is 37.7. The number of quaternary nitrogens is 1. The van der Waals surface area contributed by atoms with Crippen LogP contribution in [0.5, 0.6) is 0 Å². The van der Waals surface area contributed by atoms with E-state index in [0.717, 1.165) is 64.2 Å². The van der Waals surface area contributed by atoms with Gasteiger partial charge >= 0.3 is 11.9 Å². The van der Waals surface area contributed by atoms with E-state index >= 15 is 0 Å². The molecule has 0 aliphatic heterocycles. The average molecular weight is 806 g/mol. The van der Waals surface area contributed by atoms with Crippen molar-refractivity contribution in [1.29, 1.82) is 0 Å². The summed E-state index contributed by atoms with van der Waals surface area (Å²) >= 11 is 0. The van der Waals surface area contributed by atoms with Crippen molar-refractivity contribution in [3.63, 3.8) is 0 Å². The van der Waals surface area contributed by atoms with Gasteiger partial charge in [0.2, 0.25) is 0 Å². The zero-order valence-corrected chi connectivity index (χ0v) is 36.1. The van der Waals surface area contributed by atoms with Gasteiger partial charge in [-0.2, -0.15) is 0 Å². The molecule has 0 spiro atoms. The van der Waals surface area contributed by atoms with E-state index in [0.29, 0.717) is 36.7 Å². The molecule has 324 valence electrons. The highest BCUT2D eigenvalue weighted by Crippen LogP contribution is 2.39. The summed E-state index contributed by atoms with van der Waals surface area (Å²) < 4.78 is 33.8. The van der Waals surface area contributed by atoms with Crippen LogP contribution >= 0.6 is 7.82 Å². The second kappa shape index (κ2) is 30.7. The third-order valence-corrected chi connectivity index (χ3v) is 11.4. The van der Waals surface area contributed by atoms with Gasteiger partial charge in [-0.05, 0) is 31.6 Å². The van der Waals surface area contributed by atoms with Gasteiger partial charge in [-0.1, -0.05) is 129 Å². The molecule has 0 heterocycles. The van der Waals surface area contributed by atoms with Gasteiger partial charge in [-0.3, -0.25) is 14.2 Å². The summed E-state index contributed by atoms with van der Waals surface area (Å²) in [5.41, 5.74) is 0. The highest BCUT2D eigenvalue weighted by Gasteiger charge is 2.39. The first-order valence-electron chi connectivity index (χ1n) is 21.7. The van der Waals surface area contributed by atoms with Crippen molar-refractivity contribution in [3.8, 4) is 0 Å². The lowest BCUT2D eigenvalue weighted by atomic mass is 9.88.